The molecule has 0 bridgehead atoms. The molecular weight excluding hydrogens is 1210 g/mol. The molecule has 82 heavy (non-hydrogen) atoms. The van der Waals surface area contributed by atoms with Crippen LogP contribution in [0, 0.1) is 17.6 Å². The van der Waals surface area contributed by atoms with Gasteiger partial charge in [0.15, 0.2) is 21.3 Å². The number of hydrogen-bond donors (Lipinski definition) is 4. The summed E-state index contributed by atoms with van der Waals surface area (Å²) in [5.74, 6) is -15.0. The molecule has 7 rings (SSSR count). The minimum atomic E-state index is -5.31. The number of aryl methyl sites for hydroxylation is 1. The van der Waals surface area contributed by atoms with E-state index in [1.54, 1.807) is 0 Å². The summed E-state index contributed by atoms with van der Waals surface area (Å²) in [6, 6.07) is 4.48. The van der Waals surface area contributed by atoms with E-state index in [1.165, 1.54) is 19.9 Å². The van der Waals surface area contributed by atoms with Crippen LogP contribution in [0.5, 0.6) is 0 Å². The van der Waals surface area contributed by atoms with Gasteiger partial charge in [0.1, 0.15) is 37.0 Å². The number of fused-ring (bicyclic) bond motifs is 4. The van der Waals surface area contributed by atoms with E-state index in [0.29, 0.717) is 12.3 Å². The Morgan fingerprint density at radius 3 is 2.16 bits per heavy atom. The summed E-state index contributed by atoms with van der Waals surface area (Å²) in [6.07, 6.45) is -13.5. The second-order valence-corrected chi connectivity index (χ2v) is 25.9. The number of hydrogen-bond acceptors (Lipinski definition) is 14. The van der Waals surface area contributed by atoms with Crippen molar-refractivity contribution in [1.29, 1.82) is 0 Å². The van der Waals surface area contributed by atoms with Crippen molar-refractivity contribution in [3.05, 3.63) is 93.0 Å². The largest absolute Gasteiger partial charge is 0.481 e. The molecule has 2 aliphatic rings. The number of phosphoric ester groups is 1. The highest BCUT2D eigenvalue weighted by molar-refractivity contribution is 7.93. The fourth-order valence-electron chi connectivity index (χ4n) is 9.21. The van der Waals surface area contributed by atoms with Crippen LogP contribution in [-0.2, 0) is 86.1 Å². The summed E-state index contributed by atoms with van der Waals surface area (Å²) >= 11 is 6.65. The number of sulfone groups is 1. The summed E-state index contributed by atoms with van der Waals surface area (Å²) in [4.78, 5) is 75.8. The number of carboxylic acid groups (broad SMARTS) is 1. The fourth-order valence-corrected chi connectivity index (χ4v) is 11.0. The minimum absolute atomic E-state index is 0.0402. The summed E-state index contributed by atoms with van der Waals surface area (Å²) in [5, 5.41) is 17.5. The number of benzene rings is 2. The Hall–Kier alpha value is -6.45. The molecule has 0 aliphatic heterocycles. The van der Waals surface area contributed by atoms with Crippen LogP contribution in [0.3, 0.4) is 0 Å². The molecular formula is C46H46ClF10N8O14PS2. The summed E-state index contributed by atoms with van der Waals surface area (Å²) < 4.78 is 220. The second-order valence-electron chi connectivity index (χ2n) is 19.8. The first-order chi connectivity index (χ1) is 37.6. The first-order valence-electron chi connectivity index (χ1n) is 23.7. The molecule has 0 saturated heterocycles. The molecule has 3 heterocycles. The van der Waals surface area contributed by atoms with Crippen LogP contribution in [0.1, 0.15) is 79.0 Å². The van der Waals surface area contributed by atoms with Crippen LogP contribution in [-0.4, -0.2) is 128 Å². The normalized spacial score (nSPS) is 16.6. The lowest BCUT2D eigenvalue weighted by Crippen LogP contribution is -2.46. The lowest BCUT2D eigenvalue weighted by molar-refractivity contribution is -0.143. The van der Waals surface area contributed by atoms with Crippen molar-refractivity contribution < 1.29 is 109 Å². The van der Waals surface area contributed by atoms with Gasteiger partial charge in [-0.3, -0.25) is 33.6 Å². The first kappa shape index (κ1) is 63.1. The van der Waals surface area contributed by atoms with Gasteiger partial charge in [-0.2, -0.15) is 49.6 Å². The molecule has 3 aromatic heterocycles. The van der Waals surface area contributed by atoms with Gasteiger partial charge in [0, 0.05) is 47.2 Å². The monoisotopic (exact) mass is 1250 g/mol. The SMILES string of the molecule is CC(C)(CCc1ccc(-c2ccc(Cl)c3c(N(C(=O)CN(CCC(=O)O)C(=O)OCOP(=O)(O)O)S(C)(=O)=O)nn(CC(F)(F)F)c23)c([C@H](Cc2cc(F)cc(F)c2)NC(=O)Cn2nc(C(F)(F)F)c3c2C(F)(F)C2C[C@H]32)n1)S(C)(=O)=O. The summed E-state index contributed by atoms with van der Waals surface area (Å²) in [7, 11) is -14.3. The Kier molecular flexibility index (Phi) is 17.4. The average molecular weight is 1260 g/mol. The number of aliphatic carboxylic acids is 1. The number of rotatable bonds is 22. The third-order valence-electron chi connectivity index (χ3n) is 13.3. The summed E-state index contributed by atoms with van der Waals surface area (Å²) in [6.45, 7) is -4.77. The maximum absolute atomic E-state index is 15.7. The van der Waals surface area contributed by atoms with E-state index >= 15 is 8.78 Å². The van der Waals surface area contributed by atoms with E-state index in [4.69, 9.17) is 21.4 Å². The molecule has 22 nitrogen and oxygen atoms in total. The van der Waals surface area contributed by atoms with Crippen molar-refractivity contribution in [1.82, 2.24) is 34.8 Å². The Morgan fingerprint density at radius 2 is 1.59 bits per heavy atom. The van der Waals surface area contributed by atoms with Gasteiger partial charge in [-0.05, 0) is 75.3 Å². The quantitative estimate of drug-likeness (QED) is 0.0304. The zero-order valence-corrected chi connectivity index (χ0v) is 46.0. The number of sulfonamides is 1. The van der Waals surface area contributed by atoms with Gasteiger partial charge in [-0.1, -0.05) is 23.7 Å². The molecule has 3 atom stereocenters. The standard InChI is InChI=1S/C46H46ClF10N8O14PS2/c1-43(2,81(3,74)75)11-9-25-5-6-26(37(58-25)31(15-22-13-23(48)16-24(49)14-22)59-32(66)18-63-40-35(39(60-63)46(55,56)57)28-17-29(28)45(40,53)54)27-7-8-30(47)36-38(27)64(20-44(50,51)52)61-41(36)65(82(4,76)77)33(67)19-62(12-10-34(68)69)42(70)78-21-79-80(71,72)73/h5-8,13-14,16,28-29,31H,9-12,15,17-21H2,1-4H3,(H,59,66)(H,68,69)(H2,71,72,73)/t28-,29?,31-/m0/s1. The van der Waals surface area contributed by atoms with Crippen molar-refractivity contribution in [2.24, 2.45) is 5.92 Å². The van der Waals surface area contributed by atoms with Gasteiger partial charge in [0.25, 0.3) is 11.8 Å². The number of pyridine rings is 1. The molecule has 5 aromatic rings. The Morgan fingerprint density at radius 1 is 0.951 bits per heavy atom. The number of nitrogens with zero attached hydrogens (tertiary/aromatic N) is 7. The summed E-state index contributed by atoms with van der Waals surface area (Å²) in [5.41, 5.74) is -6.18. The fraction of sp³-hybridized carbons (Fsp3) is 0.457. The van der Waals surface area contributed by atoms with Crippen molar-refractivity contribution in [2.75, 3.05) is 36.7 Å². The van der Waals surface area contributed by atoms with Crippen LogP contribution < -0.4 is 9.62 Å². The average Bonchev–Trinajstić information content (AvgIpc) is 2.96. The highest BCUT2D eigenvalue weighted by Crippen LogP contribution is 2.68. The molecule has 0 spiro atoms. The third kappa shape index (κ3) is 14.1. The molecule has 1 fully saturated rings. The van der Waals surface area contributed by atoms with E-state index in [0.717, 1.165) is 36.6 Å². The Balaban J connectivity index is 1.44. The number of phosphoric acid groups is 1. The number of halogens is 11. The topological polar surface area (TPSA) is 300 Å². The molecule has 2 aromatic carbocycles. The minimum Gasteiger partial charge on any atom is -0.481 e. The highest BCUT2D eigenvalue weighted by Gasteiger charge is 2.68. The lowest BCUT2D eigenvalue weighted by atomic mass is 9.93. The number of anilines is 1. The van der Waals surface area contributed by atoms with Gasteiger partial charge >= 0.3 is 32.2 Å². The molecule has 3 amide bonds. The van der Waals surface area contributed by atoms with Gasteiger partial charge in [-0.25, -0.2) is 39.5 Å². The second kappa shape index (κ2) is 22.6. The predicted octanol–water partition coefficient (Wildman–Crippen LogP) is 7.15. The predicted molar refractivity (Wildman–Crippen MR) is 265 cm³/mol. The van der Waals surface area contributed by atoms with Gasteiger partial charge < -0.3 is 24.9 Å². The molecule has 36 heteroatoms. The Labute approximate surface area is 462 Å². The van der Waals surface area contributed by atoms with Crippen molar-refractivity contribution in [3.63, 3.8) is 0 Å². The molecule has 1 unspecified atom stereocenters. The number of alkyl halides is 8. The number of carbonyl (C=O) groups is 4. The van der Waals surface area contributed by atoms with E-state index in [-0.39, 0.29) is 54.7 Å². The zero-order chi connectivity index (χ0) is 61.2. The maximum Gasteiger partial charge on any atom is 0.472 e. The van der Waals surface area contributed by atoms with E-state index in [1.807, 2.05) is 0 Å². The van der Waals surface area contributed by atoms with Gasteiger partial charge in [0.2, 0.25) is 22.7 Å². The maximum atomic E-state index is 15.7. The molecule has 1 saturated carbocycles. The van der Waals surface area contributed by atoms with Crippen LogP contribution >= 0.6 is 19.4 Å². The highest BCUT2D eigenvalue weighted by atomic mass is 35.5. The van der Waals surface area contributed by atoms with Crippen LogP contribution in [0.4, 0.5) is 54.5 Å². The molecule has 2 aliphatic carbocycles. The molecule has 4 N–H and O–H groups in total. The smallest absolute Gasteiger partial charge is 0.472 e. The molecule has 448 valence electrons. The van der Waals surface area contributed by atoms with E-state index in [2.05, 4.69) is 29.8 Å². The number of amides is 3. The third-order valence-corrected chi connectivity index (χ3v) is 17.3. The number of ether oxygens (including phenoxy) is 1. The number of carbonyl (C=O) groups excluding carboxylic acids is 3. The first-order valence-corrected chi connectivity index (χ1v) is 29.4. The van der Waals surface area contributed by atoms with Crippen LogP contribution in [0.25, 0.3) is 22.0 Å². The zero-order valence-electron chi connectivity index (χ0n) is 42.7. The van der Waals surface area contributed by atoms with E-state index in [9.17, 15) is 80.8 Å². The number of aromatic nitrogens is 5. The number of nitrogens with one attached hydrogen (secondary N) is 1. The number of carboxylic acids is 1. The van der Waals surface area contributed by atoms with Crippen molar-refractivity contribution in [3.8, 4) is 11.1 Å². The van der Waals surface area contributed by atoms with Gasteiger partial charge in [0.05, 0.1) is 45.1 Å². The Bertz CT molecular complexity index is 3650. The van der Waals surface area contributed by atoms with E-state index < -0.39 is 200 Å². The van der Waals surface area contributed by atoms with Gasteiger partial charge in [-0.15, -0.1) is 0 Å². The lowest BCUT2D eigenvalue weighted by Gasteiger charge is -2.25. The van der Waals surface area contributed by atoms with Crippen molar-refractivity contribution in [2.45, 2.75) is 94.0 Å². The van der Waals surface area contributed by atoms with Crippen LogP contribution in [0.15, 0.2) is 42.5 Å². The van der Waals surface area contributed by atoms with Crippen molar-refractivity contribution >= 4 is 79.9 Å². The van der Waals surface area contributed by atoms with Crippen LogP contribution in [0.2, 0.25) is 5.02 Å². The molecule has 0 radical (unpaired) electrons.